The number of nitrogens with zero attached hydrogens (tertiary/aromatic N) is 4. The summed E-state index contributed by atoms with van der Waals surface area (Å²) in [5.41, 5.74) is 2.61. The van der Waals surface area contributed by atoms with Gasteiger partial charge in [0, 0.05) is 45.0 Å². The maximum atomic E-state index is 13.5. The van der Waals surface area contributed by atoms with Crippen molar-refractivity contribution in [1.29, 1.82) is 0 Å². The Bertz CT molecular complexity index is 987. The number of morpholine rings is 1. The van der Waals surface area contributed by atoms with Gasteiger partial charge in [0.1, 0.15) is 16.8 Å². The molecule has 2 heterocycles. The molecule has 1 aromatic carbocycles. The van der Waals surface area contributed by atoms with E-state index in [1.807, 2.05) is 0 Å². The van der Waals surface area contributed by atoms with Crippen molar-refractivity contribution in [3.05, 3.63) is 48.4 Å². The summed E-state index contributed by atoms with van der Waals surface area (Å²) in [4.78, 5) is 32.1. The van der Waals surface area contributed by atoms with Crippen LogP contribution in [0.15, 0.2) is 47.5 Å². The molecular formula is C21H26FN5O5S. The first kappa shape index (κ1) is 24.7. The number of hydroxylamine groups is 1. The molecule has 178 valence electrons. The van der Waals surface area contributed by atoms with E-state index in [1.54, 1.807) is 36.2 Å². The highest BCUT2D eigenvalue weighted by molar-refractivity contribution is 7.82. The van der Waals surface area contributed by atoms with Crippen LogP contribution in [0.2, 0.25) is 0 Å². The van der Waals surface area contributed by atoms with Crippen LogP contribution in [0.1, 0.15) is 0 Å². The van der Waals surface area contributed by atoms with Crippen molar-refractivity contribution in [3.63, 3.8) is 0 Å². The second-order valence-electron chi connectivity index (χ2n) is 7.34. The summed E-state index contributed by atoms with van der Waals surface area (Å²) in [6.45, 7) is 1.90. The predicted molar refractivity (Wildman–Crippen MR) is 118 cm³/mol. The molecule has 0 aliphatic carbocycles. The zero-order valence-electron chi connectivity index (χ0n) is 18.1. The van der Waals surface area contributed by atoms with Gasteiger partial charge in [0.05, 0.1) is 30.3 Å². The second kappa shape index (κ2) is 11.8. The number of nitrogens with one attached hydrogen (secondary N) is 1. The lowest BCUT2D eigenvalue weighted by molar-refractivity contribution is -0.129. The van der Waals surface area contributed by atoms with Gasteiger partial charge in [-0.1, -0.05) is 12.1 Å². The number of carbonyl (C=O) groups excluding carboxylic acids is 2. The number of benzene rings is 1. The van der Waals surface area contributed by atoms with E-state index in [-0.39, 0.29) is 31.5 Å². The number of halogens is 1. The quantitative estimate of drug-likeness (QED) is 0.433. The number of likely N-dealkylation sites (N-methyl/N-ethyl adjacent to an activating group) is 1. The van der Waals surface area contributed by atoms with Crippen LogP contribution in [-0.2, 0) is 20.5 Å². The molecule has 1 atom stereocenters. The van der Waals surface area contributed by atoms with Crippen molar-refractivity contribution in [3.8, 4) is 11.3 Å². The van der Waals surface area contributed by atoms with Crippen molar-refractivity contribution in [2.24, 2.45) is 0 Å². The number of urea groups is 1. The molecule has 1 fully saturated rings. The summed E-state index contributed by atoms with van der Waals surface area (Å²) < 4.78 is 33.2. The predicted octanol–water partition coefficient (Wildman–Crippen LogP) is 1.10. The van der Waals surface area contributed by atoms with Gasteiger partial charge in [-0.15, -0.1) is 0 Å². The van der Waals surface area contributed by atoms with E-state index in [0.29, 0.717) is 42.5 Å². The summed E-state index contributed by atoms with van der Waals surface area (Å²) in [6.07, 6.45) is 1.39. The number of ether oxygens (including phenoxy) is 1. The summed E-state index contributed by atoms with van der Waals surface area (Å²) in [7, 11) is -0.168. The van der Waals surface area contributed by atoms with Gasteiger partial charge in [-0.25, -0.2) is 23.2 Å². The molecule has 2 aromatic rings. The Morgan fingerprint density at radius 1 is 1.24 bits per heavy atom. The number of hydrogen-bond donors (Lipinski definition) is 2. The van der Waals surface area contributed by atoms with Gasteiger partial charge < -0.3 is 14.5 Å². The van der Waals surface area contributed by atoms with Gasteiger partial charge in [0.15, 0.2) is 0 Å². The zero-order chi connectivity index (χ0) is 23.8. The minimum absolute atomic E-state index is 0.109. The van der Waals surface area contributed by atoms with E-state index in [9.17, 15) is 18.2 Å². The third kappa shape index (κ3) is 6.78. The molecule has 1 saturated heterocycles. The summed E-state index contributed by atoms with van der Waals surface area (Å²) in [5, 5.41) is 8.91. The van der Waals surface area contributed by atoms with Crippen molar-refractivity contribution in [2.75, 3.05) is 53.0 Å². The third-order valence-electron chi connectivity index (χ3n) is 5.03. The molecule has 10 nitrogen and oxygen atoms in total. The topological polar surface area (TPSA) is 115 Å². The summed E-state index contributed by atoms with van der Waals surface area (Å²) >= 11 is 0. The first-order valence-electron chi connectivity index (χ1n) is 10.3. The highest BCUT2D eigenvalue weighted by Crippen LogP contribution is 2.20. The van der Waals surface area contributed by atoms with Crippen LogP contribution in [0.5, 0.6) is 0 Å². The fraction of sp³-hybridized carbons (Fsp3) is 0.381. The smallest absolute Gasteiger partial charge is 0.319 e. The fourth-order valence-corrected chi connectivity index (χ4v) is 4.33. The number of rotatable bonds is 8. The summed E-state index contributed by atoms with van der Waals surface area (Å²) in [5.74, 6) is -1.13. The molecule has 1 aliphatic heterocycles. The van der Waals surface area contributed by atoms with Crippen LogP contribution in [0.4, 0.5) is 9.18 Å². The van der Waals surface area contributed by atoms with Crippen molar-refractivity contribution < 1.29 is 28.1 Å². The minimum atomic E-state index is -1.79. The summed E-state index contributed by atoms with van der Waals surface area (Å²) in [6, 6.07) is 8.97. The number of pyridine rings is 1. The van der Waals surface area contributed by atoms with E-state index in [4.69, 9.17) is 9.94 Å². The van der Waals surface area contributed by atoms with E-state index in [2.05, 4.69) is 4.98 Å². The van der Waals surface area contributed by atoms with Crippen LogP contribution in [0.25, 0.3) is 11.3 Å². The van der Waals surface area contributed by atoms with Crippen LogP contribution in [-0.4, -0.2) is 93.4 Å². The molecule has 33 heavy (non-hydrogen) atoms. The lowest BCUT2D eigenvalue weighted by Crippen LogP contribution is -2.49. The molecule has 1 aromatic heterocycles. The van der Waals surface area contributed by atoms with Gasteiger partial charge in [0.2, 0.25) is 0 Å². The van der Waals surface area contributed by atoms with Crippen LogP contribution in [0.3, 0.4) is 0 Å². The maximum Gasteiger partial charge on any atom is 0.319 e. The number of aromatic nitrogens is 1. The highest BCUT2D eigenvalue weighted by Gasteiger charge is 2.23. The second-order valence-corrected chi connectivity index (χ2v) is 8.83. The van der Waals surface area contributed by atoms with Gasteiger partial charge >= 0.3 is 6.03 Å². The van der Waals surface area contributed by atoms with Crippen LogP contribution >= 0.6 is 0 Å². The molecule has 3 amide bonds. The standard InChI is InChI=1S/C21H26FN5O5S/c1-25(21(29)26-9-11-32-12-10-26)7-8-27(15-20(28)24-30)33(31)18-5-6-19(23-14-18)16-3-2-4-17(22)13-16/h2-6,13-14,30H,7-12,15H2,1H3,(H,24,28). The van der Waals surface area contributed by atoms with Gasteiger partial charge in [-0.3, -0.25) is 15.0 Å². The molecule has 2 N–H and O–H groups in total. The SMILES string of the molecule is CN(CCN(CC(=O)NO)S(=O)c1ccc(-c2cccc(F)c2)nc1)C(=O)N1CCOCC1. The highest BCUT2D eigenvalue weighted by atomic mass is 32.2. The van der Waals surface area contributed by atoms with E-state index >= 15 is 0 Å². The van der Waals surface area contributed by atoms with Crippen LogP contribution < -0.4 is 5.48 Å². The van der Waals surface area contributed by atoms with E-state index in [0.717, 1.165) is 0 Å². The first-order chi connectivity index (χ1) is 15.9. The molecular weight excluding hydrogens is 453 g/mol. The molecule has 12 heteroatoms. The van der Waals surface area contributed by atoms with E-state index in [1.165, 1.54) is 33.0 Å². The number of amides is 3. The number of carbonyl (C=O) groups is 2. The molecule has 0 radical (unpaired) electrons. The van der Waals surface area contributed by atoms with Crippen molar-refractivity contribution in [2.45, 2.75) is 4.90 Å². The lowest BCUT2D eigenvalue weighted by atomic mass is 10.1. The normalized spacial score (nSPS) is 14.7. The monoisotopic (exact) mass is 479 g/mol. The molecule has 1 unspecified atom stereocenters. The molecule has 0 spiro atoms. The van der Waals surface area contributed by atoms with Gasteiger partial charge in [-0.05, 0) is 24.3 Å². The Balaban J connectivity index is 1.68. The van der Waals surface area contributed by atoms with Crippen molar-refractivity contribution in [1.82, 2.24) is 24.6 Å². The van der Waals surface area contributed by atoms with Crippen molar-refractivity contribution >= 4 is 22.9 Å². The molecule has 0 bridgehead atoms. The van der Waals surface area contributed by atoms with Gasteiger partial charge in [0.25, 0.3) is 5.91 Å². The Kier molecular flexibility index (Phi) is 8.83. The maximum absolute atomic E-state index is 13.5. The lowest BCUT2D eigenvalue weighted by Gasteiger charge is -2.32. The fourth-order valence-electron chi connectivity index (χ4n) is 3.22. The average Bonchev–Trinajstić information content (AvgIpc) is 2.85. The van der Waals surface area contributed by atoms with Crippen LogP contribution in [0, 0.1) is 5.82 Å². The Hall–Kier alpha value is -2.93. The molecule has 1 aliphatic rings. The zero-order valence-corrected chi connectivity index (χ0v) is 19.0. The molecule has 0 saturated carbocycles. The Morgan fingerprint density at radius 3 is 2.64 bits per heavy atom. The van der Waals surface area contributed by atoms with E-state index < -0.39 is 16.9 Å². The largest absolute Gasteiger partial charge is 0.378 e. The molecule has 3 rings (SSSR count). The average molecular weight is 480 g/mol. The minimum Gasteiger partial charge on any atom is -0.378 e. The third-order valence-corrected chi connectivity index (χ3v) is 6.46. The first-order valence-corrected chi connectivity index (χ1v) is 11.4. The Labute approximate surface area is 193 Å². The Morgan fingerprint density at radius 2 is 2.00 bits per heavy atom. The van der Waals surface area contributed by atoms with Gasteiger partial charge in [-0.2, -0.15) is 0 Å². The number of hydrogen-bond acceptors (Lipinski definition) is 6.